The van der Waals surface area contributed by atoms with Gasteiger partial charge in [0.2, 0.25) is 0 Å². The van der Waals surface area contributed by atoms with E-state index in [-0.39, 0.29) is 29.4 Å². The Morgan fingerprint density at radius 2 is 1.52 bits per heavy atom. The minimum atomic E-state index is -0.778. The van der Waals surface area contributed by atoms with Crippen LogP contribution in [0.15, 0.2) is 36.4 Å². The van der Waals surface area contributed by atoms with Gasteiger partial charge in [-0.2, -0.15) is 0 Å². The molecule has 2 aromatic carbocycles. The van der Waals surface area contributed by atoms with Crippen LogP contribution in [0.25, 0.3) is 0 Å². The summed E-state index contributed by atoms with van der Waals surface area (Å²) in [7, 11) is 1.70. The van der Waals surface area contributed by atoms with Crippen LogP contribution in [0, 0.1) is 13.8 Å². The summed E-state index contributed by atoms with van der Waals surface area (Å²) in [6.07, 6.45) is -0.778. The highest BCUT2D eigenvalue weighted by atomic mass is 35.5. The lowest BCUT2D eigenvalue weighted by molar-refractivity contribution is -0.134. The molecule has 0 bridgehead atoms. The van der Waals surface area contributed by atoms with Crippen molar-refractivity contribution in [3.05, 3.63) is 53.1 Å². The summed E-state index contributed by atoms with van der Waals surface area (Å²) >= 11 is 0. The second kappa shape index (κ2) is 13.8. The standard InChI is InChI=1S/C16H23NO5.C9H12O.ClH/c1-10(18)21-14-7-6-12(8-15(14)22-11(2)19)13(20)9-17-16(3,4)5;1-7-4-5-8(2)9(6-7)10-3;/h6-8,13,17,20H,9H2,1-5H3;4-6H,1-3H3;1H. The summed E-state index contributed by atoms with van der Waals surface area (Å²) in [5.74, 6) is 0.168. The van der Waals surface area contributed by atoms with E-state index in [1.807, 2.05) is 33.8 Å². The molecule has 0 saturated heterocycles. The molecule has 0 aliphatic carbocycles. The Kier molecular flexibility index (Phi) is 12.7. The van der Waals surface area contributed by atoms with Crippen LogP contribution in [0.5, 0.6) is 17.2 Å². The molecule has 1 atom stereocenters. The molecule has 0 fully saturated rings. The third-order valence-corrected chi connectivity index (χ3v) is 4.25. The number of aliphatic hydroxyl groups is 1. The fourth-order valence-electron chi connectivity index (χ4n) is 2.65. The number of halogens is 1. The van der Waals surface area contributed by atoms with Gasteiger partial charge in [0.25, 0.3) is 0 Å². The van der Waals surface area contributed by atoms with E-state index in [4.69, 9.17) is 14.2 Å². The zero-order valence-electron chi connectivity index (χ0n) is 20.6. The fraction of sp³-hybridized carbons (Fsp3) is 0.440. The Morgan fingerprint density at radius 1 is 0.939 bits per heavy atom. The largest absolute Gasteiger partial charge is 0.496 e. The number of rotatable bonds is 6. The lowest BCUT2D eigenvalue weighted by atomic mass is 10.1. The molecule has 8 heteroatoms. The van der Waals surface area contributed by atoms with E-state index < -0.39 is 18.0 Å². The van der Waals surface area contributed by atoms with Crippen LogP contribution < -0.4 is 19.5 Å². The number of carbonyl (C=O) groups is 2. The molecule has 2 rings (SSSR count). The molecule has 0 aliphatic rings. The maximum absolute atomic E-state index is 11.2. The SMILES string of the molecule is CC(=O)Oc1ccc(C(O)CNC(C)(C)C)cc1OC(C)=O.COc1cc(C)ccc1C.Cl. The summed E-state index contributed by atoms with van der Waals surface area (Å²) in [5.41, 5.74) is 2.86. The number of carbonyl (C=O) groups excluding carboxylic acids is 2. The Morgan fingerprint density at radius 3 is 2.00 bits per heavy atom. The highest BCUT2D eigenvalue weighted by molar-refractivity contribution is 5.85. The van der Waals surface area contributed by atoms with Gasteiger partial charge in [0.1, 0.15) is 5.75 Å². The average molecular weight is 482 g/mol. The van der Waals surface area contributed by atoms with Crippen molar-refractivity contribution < 1.29 is 28.9 Å². The van der Waals surface area contributed by atoms with Crippen LogP contribution in [0.3, 0.4) is 0 Å². The average Bonchev–Trinajstić information content (AvgIpc) is 2.68. The number of aryl methyl sites for hydroxylation is 2. The zero-order chi connectivity index (χ0) is 24.5. The first-order chi connectivity index (χ1) is 14.8. The molecule has 2 N–H and O–H groups in total. The minimum absolute atomic E-state index is 0. The molecule has 0 heterocycles. The molecule has 1 unspecified atom stereocenters. The van der Waals surface area contributed by atoms with E-state index in [2.05, 4.69) is 24.4 Å². The number of aliphatic hydroxyl groups excluding tert-OH is 1. The maximum atomic E-state index is 11.2. The van der Waals surface area contributed by atoms with E-state index in [1.165, 1.54) is 37.1 Å². The van der Waals surface area contributed by atoms with Crippen molar-refractivity contribution in [3.8, 4) is 17.2 Å². The Bertz CT molecular complexity index is 924. The van der Waals surface area contributed by atoms with Gasteiger partial charge in [-0.25, -0.2) is 0 Å². The van der Waals surface area contributed by atoms with Crippen molar-refractivity contribution in [2.24, 2.45) is 0 Å². The topological polar surface area (TPSA) is 94.1 Å². The third kappa shape index (κ3) is 11.7. The van der Waals surface area contributed by atoms with Gasteiger partial charge < -0.3 is 24.6 Å². The zero-order valence-corrected chi connectivity index (χ0v) is 21.5. The number of hydrogen-bond acceptors (Lipinski definition) is 7. The maximum Gasteiger partial charge on any atom is 0.308 e. The van der Waals surface area contributed by atoms with Gasteiger partial charge in [0.05, 0.1) is 13.2 Å². The summed E-state index contributed by atoms with van der Waals surface area (Å²) in [5, 5.41) is 13.4. The minimum Gasteiger partial charge on any atom is -0.496 e. The quantitative estimate of drug-likeness (QED) is 0.456. The van der Waals surface area contributed by atoms with Gasteiger partial charge in [0.15, 0.2) is 11.5 Å². The van der Waals surface area contributed by atoms with E-state index in [0.29, 0.717) is 12.1 Å². The van der Waals surface area contributed by atoms with E-state index in [9.17, 15) is 14.7 Å². The molecular formula is C25H36ClNO6. The summed E-state index contributed by atoms with van der Waals surface area (Å²) in [4.78, 5) is 22.2. The van der Waals surface area contributed by atoms with Gasteiger partial charge >= 0.3 is 11.9 Å². The molecule has 0 spiro atoms. The normalized spacial score (nSPS) is 11.3. The Hall–Kier alpha value is -2.61. The van der Waals surface area contributed by atoms with Crippen LogP contribution in [-0.4, -0.2) is 36.2 Å². The molecule has 0 aromatic heterocycles. The summed E-state index contributed by atoms with van der Waals surface area (Å²) in [6.45, 7) is 12.9. The first-order valence-electron chi connectivity index (χ1n) is 10.4. The second-order valence-corrected chi connectivity index (χ2v) is 8.51. The predicted molar refractivity (Wildman–Crippen MR) is 131 cm³/mol. The number of nitrogens with one attached hydrogen (secondary N) is 1. The number of hydrogen-bond donors (Lipinski definition) is 2. The molecular weight excluding hydrogens is 446 g/mol. The predicted octanol–water partition coefficient (Wildman–Crippen LogP) is 4.69. The number of esters is 2. The van der Waals surface area contributed by atoms with Gasteiger partial charge in [-0.3, -0.25) is 9.59 Å². The summed E-state index contributed by atoms with van der Waals surface area (Å²) < 4.78 is 15.1. The molecule has 0 amide bonds. The molecule has 2 aromatic rings. The molecule has 0 radical (unpaired) electrons. The van der Waals surface area contributed by atoms with Crippen LogP contribution in [0.2, 0.25) is 0 Å². The highest BCUT2D eigenvalue weighted by Crippen LogP contribution is 2.31. The van der Waals surface area contributed by atoms with Crippen molar-refractivity contribution in [1.82, 2.24) is 5.32 Å². The van der Waals surface area contributed by atoms with Crippen molar-refractivity contribution in [3.63, 3.8) is 0 Å². The fourth-order valence-corrected chi connectivity index (χ4v) is 2.65. The smallest absolute Gasteiger partial charge is 0.308 e. The molecule has 33 heavy (non-hydrogen) atoms. The van der Waals surface area contributed by atoms with Crippen LogP contribution >= 0.6 is 12.4 Å². The van der Waals surface area contributed by atoms with Crippen LogP contribution in [-0.2, 0) is 9.59 Å². The van der Waals surface area contributed by atoms with Gasteiger partial charge in [-0.15, -0.1) is 12.4 Å². The lowest BCUT2D eigenvalue weighted by Gasteiger charge is -2.23. The van der Waals surface area contributed by atoms with Crippen molar-refractivity contribution >= 4 is 24.3 Å². The number of ether oxygens (including phenoxy) is 3. The number of β-amino-alcohol motifs (C(OH)–C–C–N with tert-alkyl or cyclic N) is 1. The van der Waals surface area contributed by atoms with Gasteiger partial charge in [-0.1, -0.05) is 18.2 Å². The number of methoxy groups -OCH3 is 1. The van der Waals surface area contributed by atoms with Crippen molar-refractivity contribution in [2.75, 3.05) is 13.7 Å². The Labute approximate surface area is 202 Å². The van der Waals surface area contributed by atoms with E-state index in [0.717, 1.165) is 5.75 Å². The molecule has 0 saturated carbocycles. The van der Waals surface area contributed by atoms with Crippen LogP contribution in [0.1, 0.15) is 57.4 Å². The monoisotopic (exact) mass is 481 g/mol. The second-order valence-electron chi connectivity index (χ2n) is 8.51. The van der Waals surface area contributed by atoms with Gasteiger partial charge in [-0.05, 0) is 69.5 Å². The van der Waals surface area contributed by atoms with Crippen molar-refractivity contribution in [2.45, 2.75) is 60.1 Å². The lowest BCUT2D eigenvalue weighted by Crippen LogP contribution is -2.38. The first-order valence-corrected chi connectivity index (χ1v) is 10.4. The Balaban J connectivity index is 0.000000779. The summed E-state index contributed by atoms with van der Waals surface area (Å²) in [6, 6.07) is 10.8. The van der Waals surface area contributed by atoms with E-state index >= 15 is 0 Å². The third-order valence-electron chi connectivity index (χ3n) is 4.25. The number of benzene rings is 2. The molecule has 184 valence electrons. The van der Waals surface area contributed by atoms with E-state index in [1.54, 1.807) is 13.2 Å². The molecule has 7 nitrogen and oxygen atoms in total. The van der Waals surface area contributed by atoms with Gasteiger partial charge in [0, 0.05) is 25.9 Å². The highest BCUT2D eigenvalue weighted by Gasteiger charge is 2.17. The van der Waals surface area contributed by atoms with Crippen molar-refractivity contribution in [1.29, 1.82) is 0 Å². The first kappa shape index (κ1) is 30.4. The van der Waals surface area contributed by atoms with Crippen LogP contribution in [0.4, 0.5) is 0 Å². The molecule has 0 aliphatic heterocycles.